The molecule has 5 heteroatoms. The summed E-state index contributed by atoms with van der Waals surface area (Å²) < 4.78 is 12.8. The molecule has 0 unspecified atom stereocenters. The number of hydrogen-bond acceptors (Lipinski definition) is 5. The maximum Gasteiger partial charge on any atom is 0.164 e. The van der Waals surface area contributed by atoms with Gasteiger partial charge in [0, 0.05) is 49.2 Å². The fraction of sp³-hybridized carbons (Fsp3) is 0.0625. The second-order valence-corrected chi connectivity index (χ2v) is 14.4. The lowest BCUT2D eigenvalue weighted by Gasteiger charge is -2.22. The Balaban J connectivity index is 1.03. The highest BCUT2D eigenvalue weighted by Crippen LogP contribution is 2.53. The highest BCUT2D eigenvalue weighted by Gasteiger charge is 2.38. The number of aromatic nitrogens is 3. The molecule has 0 saturated carbocycles. The molecule has 3 heterocycles. The van der Waals surface area contributed by atoms with E-state index in [0.717, 1.165) is 71.7 Å². The van der Waals surface area contributed by atoms with Gasteiger partial charge in [-0.2, -0.15) is 0 Å². The van der Waals surface area contributed by atoms with E-state index in [2.05, 4.69) is 105 Å². The molecule has 0 amide bonds. The summed E-state index contributed by atoms with van der Waals surface area (Å²) in [4.78, 5) is 15.1. The van der Waals surface area contributed by atoms with E-state index in [4.69, 9.17) is 23.8 Å². The lowest BCUT2D eigenvalue weighted by molar-refractivity contribution is 0.653. The Morgan fingerprint density at radius 2 is 0.962 bits per heavy atom. The van der Waals surface area contributed by atoms with E-state index >= 15 is 0 Å². The predicted molar refractivity (Wildman–Crippen MR) is 214 cm³/mol. The van der Waals surface area contributed by atoms with Crippen LogP contribution in [0, 0.1) is 0 Å². The topological polar surface area (TPSA) is 65.0 Å². The summed E-state index contributed by atoms with van der Waals surface area (Å²) in [6.45, 7) is 4.62. The van der Waals surface area contributed by atoms with Crippen molar-refractivity contribution in [1.82, 2.24) is 15.0 Å². The van der Waals surface area contributed by atoms with Crippen LogP contribution in [0.15, 0.2) is 160 Å². The molecule has 250 valence electrons. The summed E-state index contributed by atoms with van der Waals surface area (Å²) >= 11 is 0. The number of benzene rings is 7. The van der Waals surface area contributed by atoms with Crippen molar-refractivity contribution in [2.45, 2.75) is 19.3 Å². The van der Waals surface area contributed by atoms with Crippen LogP contribution in [0.25, 0.3) is 100 Å². The van der Waals surface area contributed by atoms with Crippen molar-refractivity contribution in [2.24, 2.45) is 0 Å². The lowest BCUT2D eigenvalue weighted by Crippen LogP contribution is -2.14. The normalized spacial score (nSPS) is 13.2. The standard InChI is InChI=1S/C48H31N3O2/c1-48(2)38-24-23-36-34-16-7-9-18-41(34)53-44(36)43(38)37-22-19-30(26-39(37)48)29-13-10-14-31(25-29)46-49-45(28-11-4-3-5-12-28)50-47(51-46)32-20-21-35-33-15-6-8-17-40(33)52-42(35)27-32/h3-27H,1-2H3. The summed E-state index contributed by atoms with van der Waals surface area (Å²) in [6, 6.07) is 52.5. The van der Waals surface area contributed by atoms with Crippen molar-refractivity contribution in [3.05, 3.63) is 163 Å². The first-order valence-corrected chi connectivity index (χ1v) is 17.9. The SMILES string of the molecule is CC1(C)c2cc(-c3cccc(-c4nc(-c5ccccc5)nc(-c5ccc6c(c5)oc5ccccc56)n4)c3)ccc2-c2c1ccc1c2oc2ccccc21. The third kappa shape index (κ3) is 4.54. The predicted octanol–water partition coefficient (Wildman–Crippen LogP) is 12.6. The Kier molecular flexibility index (Phi) is 6.23. The molecular formula is C48H31N3O2. The number of hydrogen-bond donors (Lipinski definition) is 0. The van der Waals surface area contributed by atoms with Gasteiger partial charge in [0.1, 0.15) is 22.3 Å². The summed E-state index contributed by atoms with van der Waals surface area (Å²) in [5.74, 6) is 1.83. The van der Waals surface area contributed by atoms with E-state index in [0.29, 0.717) is 17.5 Å². The molecule has 0 bridgehead atoms. The van der Waals surface area contributed by atoms with Gasteiger partial charge in [-0.15, -0.1) is 0 Å². The van der Waals surface area contributed by atoms with Gasteiger partial charge in [0.25, 0.3) is 0 Å². The molecule has 0 aliphatic heterocycles. The molecule has 0 radical (unpaired) electrons. The van der Waals surface area contributed by atoms with E-state index in [1.165, 1.54) is 22.3 Å². The van der Waals surface area contributed by atoms with Crippen LogP contribution in [0.2, 0.25) is 0 Å². The summed E-state index contributed by atoms with van der Waals surface area (Å²) in [5, 5.41) is 4.46. The third-order valence-corrected chi connectivity index (χ3v) is 10.9. The van der Waals surface area contributed by atoms with Crippen LogP contribution in [0.3, 0.4) is 0 Å². The fourth-order valence-corrected chi connectivity index (χ4v) is 8.23. The van der Waals surface area contributed by atoms with E-state index in [1.54, 1.807) is 0 Å². The van der Waals surface area contributed by atoms with Gasteiger partial charge in [0.15, 0.2) is 17.5 Å². The van der Waals surface area contributed by atoms with Gasteiger partial charge in [-0.3, -0.25) is 0 Å². The summed E-state index contributed by atoms with van der Waals surface area (Å²) in [5.41, 5.74) is 13.3. The Morgan fingerprint density at radius 1 is 0.396 bits per heavy atom. The second-order valence-electron chi connectivity index (χ2n) is 14.4. The molecule has 1 aliphatic carbocycles. The first-order chi connectivity index (χ1) is 26.0. The van der Waals surface area contributed by atoms with Crippen LogP contribution in [0.4, 0.5) is 0 Å². The van der Waals surface area contributed by atoms with E-state index < -0.39 is 0 Å². The molecule has 5 nitrogen and oxygen atoms in total. The molecular weight excluding hydrogens is 651 g/mol. The van der Waals surface area contributed by atoms with Gasteiger partial charge in [0.05, 0.1) is 0 Å². The maximum absolute atomic E-state index is 6.52. The minimum Gasteiger partial charge on any atom is -0.456 e. The highest BCUT2D eigenvalue weighted by atomic mass is 16.3. The maximum atomic E-state index is 6.52. The van der Waals surface area contributed by atoms with Crippen molar-refractivity contribution in [2.75, 3.05) is 0 Å². The monoisotopic (exact) mass is 681 g/mol. The van der Waals surface area contributed by atoms with Gasteiger partial charge >= 0.3 is 0 Å². The molecule has 0 atom stereocenters. The van der Waals surface area contributed by atoms with Gasteiger partial charge < -0.3 is 8.83 Å². The fourth-order valence-electron chi connectivity index (χ4n) is 8.23. The highest BCUT2D eigenvalue weighted by molar-refractivity contribution is 6.12. The lowest BCUT2D eigenvalue weighted by atomic mass is 9.81. The Labute approximate surface area is 305 Å². The Morgan fingerprint density at radius 3 is 1.75 bits per heavy atom. The van der Waals surface area contributed by atoms with Gasteiger partial charge in [-0.05, 0) is 64.2 Å². The Bertz CT molecular complexity index is 3100. The summed E-state index contributed by atoms with van der Waals surface area (Å²) in [6.07, 6.45) is 0. The summed E-state index contributed by atoms with van der Waals surface area (Å²) in [7, 11) is 0. The van der Waals surface area contributed by atoms with Crippen LogP contribution >= 0.6 is 0 Å². The van der Waals surface area contributed by atoms with Crippen molar-refractivity contribution in [3.8, 4) is 56.4 Å². The molecule has 1 aliphatic rings. The molecule has 53 heavy (non-hydrogen) atoms. The molecule has 0 saturated heterocycles. The zero-order valence-electron chi connectivity index (χ0n) is 29.1. The molecule has 0 spiro atoms. The zero-order valence-corrected chi connectivity index (χ0v) is 29.1. The molecule has 11 rings (SSSR count). The minimum absolute atomic E-state index is 0.194. The largest absolute Gasteiger partial charge is 0.456 e. The van der Waals surface area contributed by atoms with Crippen molar-refractivity contribution < 1.29 is 8.83 Å². The molecule has 3 aromatic heterocycles. The van der Waals surface area contributed by atoms with Crippen molar-refractivity contribution >= 4 is 43.9 Å². The van der Waals surface area contributed by atoms with E-state index in [1.807, 2.05) is 60.7 Å². The van der Waals surface area contributed by atoms with Gasteiger partial charge in [0.2, 0.25) is 0 Å². The van der Waals surface area contributed by atoms with Crippen LogP contribution in [0.1, 0.15) is 25.0 Å². The van der Waals surface area contributed by atoms with E-state index in [-0.39, 0.29) is 5.41 Å². The van der Waals surface area contributed by atoms with Crippen molar-refractivity contribution in [3.63, 3.8) is 0 Å². The van der Waals surface area contributed by atoms with Gasteiger partial charge in [-0.1, -0.05) is 129 Å². The number of rotatable bonds is 4. The van der Waals surface area contributed by atoms with Crippen molar-refractivity contribution in [1.29, 1.82) is 0 Å². The molecule has 10 aromatic rings. The number of nitrogens with zero attached hydrogens (tertiary/aromatic N) is 3. The average molecular weight is 682 g/mol. The smallest absolute Gasteiger partial charge is 0.164 e. The number of fused-ring (bicyclic) bond motifs is 10. The molecule has 0 N–H and O–H groups in total. The molecule has 0 fully saturated rings. The quantitative estimate of drug-likeness (QED) is 0.185. The minimum atomic E-state index is -0.194. The number of furan rings is 2. The first kappa shape index (κ1) is 29.8. The zero-order chi connectivity index (χ0) is 35.3. The van der Waals surface area contributed by atoms with Crippen LogP contribution < -0.4 is 0 Å². The Hall–Kier alpha value is -6.85. The van der Waals surface area contributed by atoms with E-state index in [9.17, 15) is 0 Å². The van der Waals surface area contributed by atoms with Gasteiger partial charge in [-0.25, -0.2) is 15.0 Å². The second kappa shape index (κ2) is 11.1. The first-order valence-electron chi connectivity index (χ1n) is 17.9. The molecule has 7 aromatic carbocycles. The third-order valence-electron chi connectivity index (χ3n) is 10.9. The number of para-hydroxylation sites is 2. The van der Waals surface area contributed by atoms with Crippen LogP contribution in [-0.2, 0) is 5.41 Å². The van der Waals surface area contributed by atoms with Crippen LogP contribution in [-0.4, -0.2) is 15.0 Å². The van der Waals surface area contributed by atoms with Crippen LogP contribution in [0.5, 0.6) is 0 Å². The average Bonchev–Trinajstić information content (AvgIpc) is 3.85.